The summed E-state index contributed by atoms with van der Waals surface area (Å²) in [5.41, 5.74) is 5.17. The van der Waals surface area contributed by atoms with Crippen molar-refractivity contribution in [1.29, 1.82) is 5.41 Å². The highest BCUT2D eigenvalue weighted by atomic mass is 19.4. The smallest absolute Gasteiger partial charge is 0.388 e. The standard InChI is InChI=1S/C8H16F3N3O/c1-6(5-7(12)13)14(2)3-4-15-8(9,10)11/h6H,3-5H2,1-2H3,(H3,12,13). The number of nitrogens with two attached hydrogens (primary N) is 1. The van der Waals surface area contributed by atoms with Gasteiger partial charge in [0.25, 0.3) is 0 Å². The lowest BCUT2D eigenvalue weighted by molar-refractivity contribution is -0.325. The van der Waals surface area contributed by atoms with E-state index in [-0.39, 0.29) is 18.4 Å². The molecule has 15 heavy (non-hydrogen) atoms. The predicted octanol–water partition coefficient (Wildman–Crippen LogP) is 1.17. The summed E-state index contributed by atoms with van der Waals surface area (Å²) in [6.45, 7) is 1.52. The molecular formula is C8H16F3N3O. The highest BCUT2D eigenvalue weighted by Gasteiger charge is 2.28. The fourth-order valence-electron chi connectivity index (χ4n) is 1.000. The molecule has 0 rings (SSSR count). The fourth-order valence-corrected chi connectivity index (χ4v) is 1.000. The Hall–Kier alpha value is -0.820. The number of amidine groups is 1. The molecule has 0 spiro atoms. The van der Waals surface area contributed by atoms with Gasteiger partial charge in [-0.1, -0.05) is 0 Å². The number of hydrogen-bond acceptors (Lipinski definition) is 3. The van der Waals surface area contributed by atoms with E-state index in [1.54, 1.807) is 18.9 Å². The first-order valence-electron chi connectivity index (χ1n) is 4.46. The molecule has 0 heterocycles. The van der Waals surface area contributed by atoms with E-state index in [1.807, 2.05) is 0 Å². The Morgan fingerprint density at radius 3 is 2.47 bits per heavy atom. The van der Waals surface area contributed by atoms with Crippen molar-refractivity contribution in [1.82, 2.24) is 4.90 Å². The molecular weight excluding hydrogens is 211 g/mol. The average Bonchev–Trinajstić information content (AvgIpc) is 2.00. The van der Waals surface area contributed by atoms with E-state index in [9.17, 15) is 13.2 Å². The van der Waals surface area contributed by atoms with Gasteiger partial charge in [-0.25, -0.2) is 0 Å². The molecule has 0 aliphatic rings. The van der Waals surface area contributed by atoms with Crippen LogP contribution in [0.3, 0.4) is 0 Å². The Kier molecular flexibility index (Phi) is 5.59. The van der Waals surface area contributed by atoms with Crippen molar-refractivity contribution in [2.24, 2.45) is 5.73 Å². The minimum Gasteiger partial charge on any atom is -0.388 e. The fraction of sp³-hybridized carbons (Fsp3) is 0.875. The Bertz CT molecular complexity index is 208. The molecule has 0 aromatic heterocycles. The molecule has 1 unspecified atom stereocenters. The van der Waals surface area contributed by atoms with Gasteiger partial charge < -0.3 is 10.6 Å². The van der Waals surface area contributed by atoms with Gasteiger partial charge >= 0.3 is 6.36 Å². The monoisotopic (exact) mass is 227 g/mol. The van der Waals surface area contributed by atoms with Gasteiger partial charge in [0.15, 0.2) is 0 Å². The lowest BCUT2D eigenvalue weighted by Gasteiger charge is -2.24. The van der Waals surface area contributed by atoms with Gasteiger partial charge in [0.1, 0.15) is 0 Å². The zero-order chi connectivity index (χ0) is 12.1. The number of likely N-dealkylation sites (N-methyl/N-ethyl adjacent to an activating group) is 1. The molecule has 0 fully saturated rings. The topological polar surface area (TPSA) is 62.3 Å². The quantitative estimate of drug-likeness (QED) is 0.529. The summed E-state index contributed by atoms with van der Waals surface area (Å²) in [5, 5.41) is 7.03. The van der Waals surface area contributed by atoms with Crippen molar-refractivity contribution >= 4 is 5.84 Å². The first-order chi connectivity index (χ1) is 6.72. The number of nitrogens with zero attached hydrogens (tertiary/aromatic N) is 1. The Labute approximate surface area is 86.7 Å². The SMILES string of the molecule is CC(CC(=N)N)N(C)CCOC(F)(F)F. The maximum absolute atomic E-state index is 11.6. The highest BCUT2D eigenvalue weighted by Crippen LogP contribution is 2.15. The maximum atomic E-state index is 11.6. The van der Waals surface area contributed by atoms with Gasteiger partial charge in [0.05, 0.1) is 12.4 Å². The number of nitrogens with one attached hydrogen (secondary N) is 1. The van der Waals surface area contributed by atoms with E-state index in [0.717, 1.165) is 0 Å². The number of ether oxygens (including phenoxy) is 1. The van der Waals surface area contributed by atoms with Crippen molar-refractivity contribution < 1.29 is 17.9 Å². The largest absolute Gasteiger partial charge is 0.522 e. The van der Waals surface area contributed by atoms with E-state index < -0.39 is 13.0 Å². The van der Waals surface area contributed by atoms with Crippen LogP contribution in [0.25, 0.3) is 0 Å². The average molecular weight is 227 g/mol. The van der Waals surface area contributed by atoms with E-state index in [1.165, 1.54) is 0 Å². The van der Waals surface area contributed by atoms with Crippen molar-refractivity contribution in [3.8, 4) is 0 Å². The van der Waals surface area contributed by atoms with Crippen LogP contribution in [-0.2, 0) is 4.74 Å². The zero-order valence-corrected chi connectivity index (χ0v) is 8.77. The van der Waals surface area contributed by atoms with E-state index in [0.29, 0.717) is 6.42 Å². The van der Waals surface area contributed by atoms with Crippen LogP contribution >= 0.6 is 0 Å². The van der Waals surface area contributed by atoms with Crippen LogP contribution < -0.4 is 5.73 Å². The van der Waals surface area contributed by atoms with E-state index in [2.05, 4.69) is 4.74 Å². The molecule has 3 N–H and O–H groups in total. The summed E-state index contributed by atoms with van der Waals surface area (Å²) in [6, 6.07) is -0.0701. The summed E-state index contributed by atoms with van der Waals surface area (Å²) in [5.74, 6) is 0.0195. The molecule has 7 heteroatoms. The van der Waals surface area contributed by atoms with Crippen LogP contribution in [0, 0.1) is 5.41 Å². The van der Waals surface area contributed by atoms with Gasteiger partial charge in [0.2, 0.25) is 0 Å². The molecule has 0 amide bonds. The van der Waals surface area contributed by atoms with E-state index >= 15 is 0 Å². The molecule has 0 radical (unpaired) electrons. The van der Waals surface area contributed by atoms with Crippen molar-refractivity contribution in [2.75, 3.05) is 20.2 Å². The predicted molar refractivity (Wildman–Crippen MR) is 50.6 cm³/mol. The van der Waals surface area contributed by atoms with Crippen LogP contribution in [0.1, 0.15) is 13.3 Å². The van der Waals surface area contributed by atoms with Crippen LogP contribution in [0.2, 0.25) is 0 Å². The molecule has 0 aromatic carbocycles. The third-order valence-corrected chi connectivity index (χ3v) is 1.98. The van der Waals surface area contributed by atoms with E-state index in [4.69, 9.17) is 11.1 Å². The van der Waals surface area contributed by atoms with Crippen LogP contribution in [0.4, 0.5) is 13.2 Å². The normalized spacial score (nSPS) is 14.3. The van der Waals surface area contributed by atoms with Gasteiger partial charge in [-0.3, -0.25) is 10.1 Å². The van der Waals surface area contributed by atoms with Crippen LogP contribution in [0.15, 0.2) is 0 Å². The molecule has 0 aliphatic carbocycles. The van der Waals surface area contributed by atoms with Crippen LogP contribution in [-0.4, -0.2) is 43.3 Å². The summed E-state index contributed by atoms with van der Waals surface area (Å²) in [7, 11) is 1.66. The molecule has 0 aromatic rings. The van der Waals surface area contributed by atoms with Gasteiger partial charge in [-0.2, -0.15) is 0 Å². The molecule has 1 atom stereocenters. The second kappa shape index (κ2) is 5.92. The van der Waals surface area contributed by atoms with Gasteiger partial charge in [-0.15, -0.1) is 13.2 Å². The molecule has 0 aliphatic heterocycles. The Morgan fingerprint density at radius 1 is 1.53 bits per heavy atom. The number of halogens is 3. The van der Waals surface area contributed by atoms with Crippen molar-refractivity contribution in [3.63, 3.8) is 0 Å². The molecule has 0 saturated carbocycles. The molecule has 0 bridgehead atoms. The molecule has 90 valence electrons. The Morgan fingerprint density at radius 2 is 2.07 bits per heavy atom. The van der Waals surface area contributed by atoms with Gasteiger partial charge in [0, 0.05) is 19.0 Å². The van der Waals surface area contributed by atoms with Crippen molar-refractivity contribution in [2.45, 2.75) is 25.7 Å². The summed E-state index contributed by atoms with van der Waals surface area (Å²) >= 11 is 0. The lowest BCUT2D eigenvalue weighted by atomic mass is 10.2. The summed E-state index contributed by atoms with van der Waals surface area (Å²) < 4.78 is 38.5. The second-order valence-corrected chi connectivity index (χ2v) is 3.35. The summed E-state index contributed by atoms with van der Waals surface area (Å²) in [6.07, 6.45) is -4.24. The number of alkyl halides is 3. The maximum Gasteiger partial charge on any atom is 0.522 e. The third-order valence-electron chi connectivity index (χ3n) is 1.98. The van der Waals surface area contributed by atoms with Crippen molar-refractivity contribution in [3.05, 3.63) is 0 Å². The number of hydrogen-bond donors (Lipinski definition) is 2. The summed E-state index contributed by atoms with van der Waals surface area (Å²) in [4.78, 5) is 1.66. The molecule has 0 saturated heterocycles. The minimum absolute atomic E-state index is 0.0195. The zero-order valence-electron chi connectivity index (χ0n) is 8.77. The first kappa shape index (κ1) is 14.2. The van der Waals surface area contributed by atoms with Crippen LogP contribution in [0.5, 0.6) is 0 Å². The molecule has 4 nitrogen and oxygen atoms in total. The highest BCUT2D eigenvalue weighted by molar-refractivity contribution is 5.77. The minimum atomic E-state index is -4.58. The second-order valence-electron chi connectivity index (χ2n) is 3.35. The first-order valence-corrected chi connectivity index (χ1v) is 4.46. The third kappa shape index (κ3) is 8.19. The lowest BCUT2D eigenvalue weighted by Crippen LogP contribution is -2.36. The Balaban J connectivity index is 3.73. The van der Waals surface area contributed by atoms with Gasteiger partial charge in [-0.05, 0) is 14.0 Å². The number of rotatable bonds is 6.